The Labute approximate surface area is 77.4 Å². The summed E-state index contributed by atoms with van der Waals surface area (Å²) in [5.74, 6) is 0. The Balaban J connectivity index is 2.83. The molecule has 5 heteroatoms. The third kappa shape index (κ3) is 2.80. The van der Waals surface area contributed by atoms with Crippen LogP contribution in [0.25, 0.3) is 0 Å². The van der Waals surface area contributed by atoms with Crippen molar-refractivity contribution in [1.29, 1.82) is 0 Å². The Bertz CT molecular complexity index is 347. The molecule has 1 rings (SSSR count). The zero-order valence-electron chi connectivity index (χ0n) is 7.01. The van der Waals surface area contributed by atoms with E-state index in [9.17, 15) is 8.42 Å². The van der Waals surface area contributed by atoms with Gasteiger partial charge in [-0.15, -0.1) is 0 Å². The van der Waals surface area contributed by atoms with Crippen LogP contribution in [0.4, 0.5) is 0 Å². The highest BCUT2D eigenvalue weighted by Gasteiger charge is 2.12. The van der Waals surface area contributed by atoms with E-state index >= 15 is 0 Å². The second-order valence-corrected chi connectivity index (χ2v) is 3.99. The van der Waals surface area contributed by atoms with E-state index in [-0.39, 0.29) is 18.0 Å². The SMILES string of the molecule is NCCOS(=O)(=O)c1ccccc1. The van der Waals surface area contributed by atoms with Crippen LogP contribution in [0, 0.1) is 0 Å². The first-order valence-corrected chi connectivity index (χ1v) is 5.22. The number of rotatable bonds is 4. The summed E-state index contributed by atoms with van der Waals surface area (Å²) >= 11 is 0. The lowest BCUT2D eigenvalue weighted by molar-refractivity contribution is 0.327. The fourth-order valence-electron chi connectivity index (χ4n) is 0.813. The number of hydrogen-bond donors (Lipinski definition) is 1. The first-order valence-electron chi connectivity index (χ1n) is 3.81. The lowest BCUT2D eigenvalue weighted by Gasteiger charge is -2.02. The van der Waals surface area contributed by atoms with Crippen molar-refractivity contribution in [3.8, 4) is 0 Å². The standard InChI is InChI=1S/C8H11NO3S/c9-6-7-12-13(10,11)8-4-2-1-3-5-8/h1-5H,6-7,9H2. The molecule has 0 heterocycles. The molecule has 0 bridgehead atoms. The Hall–Kier alpha value is -0.910. The molecule has 0 spiro atoms. The first-order chi connectivity index (χ1) is 6.17. The van der Waals surface area contributed by atoms with Gasteiger partial charge in [0, 0.05) is 6.54 Å². The average molecular weight is 201 g/mol. The molecule has 0 atom stereocenters. The molecule has 0 unspecified atom stereocenters. The molecule has 0 aliphatic heterocycles. The van der Waals surface area contributed by atoms with Gasteiger partial charge in [-0.1, -0.05) is 18.2 Å². The summed E-state index contributed by atoms with van der Waals surface area (Å²) in [5, 5.41) is 0. The van der Waals surface area contributed by atoms with Gasteiger partial charge in [0.25, 0.3) is 10.1 Å². The van der Waals surface area contributed by atoms with Crippen molar-refractivity contribution < 1.29 is 12.6 Å². The molecule has 0 radical (unpaired) electrons. The van der Waals surface area contributed by atoms with Crippen molar-refractivity contribution in [3.63, 3.8) is 0 Å². The summed E-state index contributed by atoms with van der Waals surface area (Å²) in [5.41, 5.74) is 5.12. The molecule has 0 aromatic heterocycles. The maximum atomic E-state index is 11.3. The highest BCUT2D eigenvalue weighted by molar-refractivity contribution is 7.86. The molecule has 0 fully saturated rings. The van der Waals surface area contributed by atoms with Crippen LogP contribution in [0.3, 0.4) is 0 Å². The van der Waals surface area contributed by atoms with Gasteiger partial charge in [0.1, 0.15) is 0 Å². The summed E-state index contributed by atoms with van der Waals surface area (Å²) < 4.78 is 27.2. The quantitative estimate of drug-likeness (QED) is 0.714. The lowest BCUT2D eigenvalue weighted by Crippen LogP contribution is -2.14. The van der Waals surface area contributed by atoms with Gasteiger partial charge < -0.3 is 5.73 Å². The fourth-order valence-corrected chi connectivity index (χ4v) is 1.76. The van der Waals surface area contributed by atoms with Gasteiger partial charge in [-0.2, -0.15) is 8.42 Å². The normalized spacial score (nSPS) is 11.5. The van der Waals surface area contributed by atoms with E-state index in [0.717, 1.165) is 0 Å². The lowest BCUT2D eigenvalue weighted by atomic mass is 10.4. The predicted molar refractivity (Wildman–Crippen MR) is 48.6 cm³/mol. The van der Waals surface area contributed by atoms with E-state index in [1.165, 1.54) is 12.1 Å². The molecule has 1 aromatic rings. The van der Waals surface area contributed by atoms with Crippen LogP contribution in [0.1, 0.15) is 0 Å². The van der Waals surface area contributed by atoms with Crippen molar-refractivity contribution in [1.82, 2.24) is 0 Å². The van der Waals surface area contributed by atoms with Crippen LogP contribution in [-0.2, 0) is 14.3 Å². The largest absolute Gasteiger partial charge is 0.328 e. The van der Waals surface area contributed by atoms with Crippen LogP contribution in [-0.4, -0.2) is 21.6 Å². The first kappa shape index (κ1) is 10.2. The van der Waals surface area contributed by atoms with Crippen molar-refractivity contribution in [3.05, 3.63) is 30.3 Å². The second kappa shape index (κ2) is 4.36. The van der Waals surface area contributed by atoms with E-state index in [2.05, 4.69) is 4.18 Å². The van der Waals surface area contributed by atoms with E-state index in [1.807, 2.05) is 0 Å². The van der Waals surface area contributed by atoms with E-state index in [4.69, 9.17) is 5.73 Å². The smallest absolute Gasteiger partial charge is 0.297 e. The van der Waals surface area contributed by atoms with E-state index < -0.39 is 10.1 Å². The van der Waals surface area contributed by atoms with Gasteiger partial charge in [0.2, 0.25) is 0 Å². The van der Waals surface area contributed by atoms with Crippen LogP contribution in [0.15, 0.2) is 35.2 Å². The molecule has 13 heavy (non-hydrogen) atoms. The summed E-state index contributed by atoms with van der Waals surface area (Å²) in [6.45, 7) is 0.198. The number of nitrogens with two attached hydrogens (primary N) is 1. The molecule has 2 N–H and O–H groups in total. The number of benzene rings is 1. The van der Waals surface area contributed by atoms with Gasteiger partial charge in [0.05, 0.1) is 11.5 Å². The molecule has 0 aliphatic rings. The topological polar surface area (TPSA) is 69.4 Å². The highest BCUT2D eigenvalue weighted by atomic mass is 32.2. The molecule has 0 saturated heterocycles. The average Bonchev–Trinajstić information content (AvgIpc) is 2.16. The van der Waals surface area contributed by atoms with Crippen LogP contribution >= 0.6 is 0 Å². The van der Waals surface area contributed by atoms with Gasteiger partial charge in [-0.25, -0.2) is 0 Å². The molecular formula is C8H11NO3S. The van der Waals surface area contributed by atoms with E-state index in [0.29, 0.717) is 0 Å². The summed E-state index contributed by atoms with van der Waals surface area (Å²) in [4.78, 5) is 0.156. The predicted octanol–water partition coefficient (Wildman–Crippen LogP) is 0.351. The minimum Gasteiger partial charge on any atom is -0.328 e. The minimum absolute atomic E-state index is 0.0111. The van der Waals surface area contributed by atoms with Gasteiger partial charge in [0.15, 0.2) is 0 Å². The minimum atomic E-state index is -3.60. The Morgan fingerprint density at radius 1 is 1.23 bits per heavy atom. The van der Waals surface area contributed by atoms with Crippen LogP contribution in [0.5, 0.6) is 0 Å². The Morgan fingerprint density at radius 2 is 1.85 bits per heavy atom. The molecule has 0 amide bonds. The van der Waals surface area contributed by atoms with Crippen LogP contribution < -0.4 is 5.73 Å². The molecule has 0 aliphatic carbocycles. The van der Waals surface area contributed by atoms with Gasteiger partial charge >= 0.3 is 0 Å². The molecule has 4 nitrogen and oxygen atoms in total. The monoisotopic (exact) mass is 201 g/mol. The molecular weight excluding hydrogens is 190 g/mol. The van der Waals surface area contributed by atoms with Crippen molar-refractivity contribution in [2.24, 2.45) is 5.73 Å². The summed E-state index contributed by atoms with van der Waals surface area (Å²) in [7, 11) is -3.60. The Kier molecular flexibility index (Phi) is 3.41. The zero-order chi connectivity index (χ0) is 9.73. The van der Waals surface area contributed by atoms with Crippen molar-refractivity contribution in [2.75, 3.05) is 13.2 Å². The Morgan fingerprint density at radius 3 is 2.38 bits per heavy atom. The highest BCUT2D eigenvalue weighted by Crippen LogP contribution is 2.10. The third-order valence-electron chi connectivity index (χ3n) is 1.39. The third-order valence-corrected chi connectivity index (χ3v) is 2.71. The van der Waals surface area contributed by atoms with Crippen LogP contribution in [0.2, 0.25) is 0 Å². The number of hydrogen-bond acceptors (Lipinski definition) is 4. The molecule has 72 valence electrons. The van der Waals surface area contributed by atoms with Gasteiger partial charge in [-0.3, -0.25) is 4.18 Å². The maximum absolute atomic E-state index is 11.3. The molecule has 1 aromatic carbocycles. The van der Waals surface area contributed by atoms with Crippen molar-refractivity contribution >= 4 is 10.1 Å². The summed E-state index contributed by atoms with van der Waals surface area (Å²) in [6, 6.07) is 7.97. The van der Waals surface area contributed by atoms with Crippen molar-refractivity contribution in [2.45, 2.75) is 4.90 Å². The van der Waals surface area contributed by atoms with E-state index in [1.54, 1.807) is 18.2 Å². The fraction of sp³-hybridized carbons (Fsp3) is 0.250. The second-order valence-electron chi connectivity index (χ2n) is 2.38. The summed E-state index contributed by atoms with van der Waals surface area (Å²) in [6.07, 6.45) is 0. The molecule has 0 saturated carbocycles. The van der Waals surface area contributed by atoms with Gasteiger partial charge in [-0.05, 0) is 12.1 Å². The maximum Gasteiger partial charge on any atom is 0.297 e. The zero-order valence-corrected chi connectivity index (χ0v) is 7.83.